The molecule has 35 heavy (non-hydrogen) atoms. The van der Waals surface area contributed by atoms with Crippen LogP contribution in [0.1, 0.15) is 34.0 Å². The Morgan fingerprint density at radius 1 is 1.03 bits per heavy atom. The molecule has 9 heteroatoms. The summed E-state index contributed by atoms with van der Waals surface area (Å²) < 4.78 is 12.0. The van der Waals surface area contributed by atoms with Gasteiger partial charge in [0, 0.05) is 16.3 Å². The fourth-order valence-electron chi connectivity index (χ4n) is 3.05. The van der Waals surface area contributed by atoms with Crippen LogP contribution < -0.4 is 20.2 Å². The number of ether oxygens (including phenoxy) is 2. The van der Waals surface area contributed by atoms with Gasteiger partial charge in [-0.1, -0.05) is 17.7 Å². The monoisotopic (exact) mass is 557 g/mol. The summed E-state index contributed by atoms with van der Waals surface area (Å²) >= 11 is 9.31. The van der Waals surface area contributed by atoms with Crippen LogP contribution in [0.3, 0.4) is 0 Å². The van der Waals surface area contributed by atoms with E-state index >= 15 is 0 Å². The summed E-state index contributed by atoms with van der Waals surface area (Å²) in [6.07, 6.45) is 1.48. The summed E-state index contributed by atoms with van der Waals surface area (Å²) in [7, 11) is 0. The van der Waals surface area contributed by atoms with Crippen molar-refractivity contribution in [1.29, 1.82) is 0 Å². The number of hydrogen-bond acceptors (Lipinski definition) is 5. The summed E-state index contributed by atoms with van der Waals surface area (Å²) in [5, 5.41) is 7.38. The molecule has 7 nitrogen and oxygen atoms in total. The number of anilines is 1. The minimum atomic E-state index is -0.364. The van der Waals surface area contributed by atoms with E-state index in [9.17, 15) is 9.59 Å². The minimum absolute atomic E-state index is 0.198. The molecule has 2 amide bonds. The molecule has 3 aromatic rings. The molecule has 0 aromatic heterocycles. The molecule has 182 valence electrons. The fraction of sp³-hybridized carbons (Fsp3) is 0.192. The molecule has 0 saturated heterocycles. The number of benzene rings is 3. The summed E-state index contributed by atoms with van der Waals surface area (Å²) in [4.78, 5) is 24.6. The zero-order valence-corrected chi connectivity index (χ0v) is 21.9. The maximum Gasteiger partial charge on any atom is 0.271 e. The molecule has 0 spiro atoms. The molecular weight excluding hydrogens is 534 g/mol. The van der Waals surface area contributed by atoms with E-state index in [-0.39, 0.29) is 18.4 Å². The average molecular weight is 559 g/mol. The van der Waals surface area contributed by atoms with Gasteiger partial charge in [0.1, 0.15) is 0 Å². The maximum atomic E-state index is 12.4. The summed E-state index contributed by atoms with van der Waals surface area (Å²) in [5.41, 5.74) is 6.51. The van der Waals surface area contributed by atoms with Gasteiger partial charge in [0.25, 0.3) is 11.8 Å². The smallest absolute Gasteiger partial charge is 0.271 e. The van der Waals surface area contributed by atoms with E-state index in [0.717, 1.165) is 11.1 Å². The Hall–Kier alpha value is -3.36. The number of amides is 2. The number of rotatable bonds is 9. The van der Waals surface area contributed by atoms with Crippen molar-refractivity contribution in [2.24, 2.45) is 5.10 Å². The van der Waals surface area contributed by atoms with Gasteiger partial charge in [0.15, 0.2) is 18.1 Å². The van der Waals surface area contributed by atoms with E-state index in [0.29, 0.717) is 44.4 Å². The highest BCUT2D eigenvalue weighted by atomic mass is 79.9. The molecule has 3 rings (SSSR count). The quantitative estimate of drug-likeness (QED) is 0.253. The van der Waals surface area contributed by atoms with E-state index < -0.39 is 0 Å². The number of nitrogens with one attached hydrogen (secondary N) is 2. The van der Waals surface area contributed by atoms with Gasteiger partial charge in [0.2, 0.25) is 0 Å². The Morgan fingerprint density at radius 3 is 2.46 bits per heavy atom. The number of carbonyl (C=O) groups excluding carboxylic acids is 2. The van der Waals surface area contributed by atoms with Gasteiger partial charge in [-0.15, -0.1) is 0 Å². The van der Waals surface area contributed by atoms with Gasteiger partial charge in [0.05, 0.1) is 17.3 Å². The van der Waals surface area contributed by atoms with Crippen LogP contribution >= 0.6 is 27.5 Å². The Balaban J connectivity index is 1.65. The van der Waals surface area contributed by atoms with Crippen molar-refractivity contribution in [3.05, 3.63) is 86.3 Å². The first-order valence-electron chi connectivity index (χ1n) is 10.8. The first-order chi connectivity index (χ1) is 16.8. The average Bonchev–Trinajstić information content (AvgIpc) is 2.81. The van der Waals surface area contributed by atoms with Crippen molar-refractivity contribution in [2.45, 2.75) is 20.8 Å². The van der Waals surface area contributed by atoms with E-state index in [1.54, 1.807) is 36.4 Å². The lowest BCUT2D eigenvalue weighted by Gasteiger charge is -2.15. The highest BCUT2D eigenvalue weighted by molar-refractivity contribution is 9.10. The molecule has 0 unspecified atom stereocenters. The molecule has 0 heterocycles. The van der Waals surface area contributed by atoms with Crippen LogP contribution in [0, 0.1) is 13.8 Å². The second-order valence-electron chi connectivity index (χ2n) is 7.60. The number of hydrazone groups is 1. The van der Waals surface area contributed by atoms with Crippen molar-refractivity contribution < 1.29 is 19.1 Å². The third-order valence-electron chi connectivity index (χ3n) is 4.96. The zero-order valence-electron chi connectivity index (χ0n) is 19.5. The highest BCUT2D eigenvalue weighted by Crippen LogP contribution is 2.36. The van der Waals surface area contributed by atoms with Crippen LogP contribution in [0.15, 0.2) is 64.2 Å². The van der Waals surface area contributed by atoms with Gasteiger partial charge >= 0.3 is 0 Å². The van der Waals surface area contributed by atoms with Crippen LogP contribution in [-0.4, -0.2) is 31.2 Å². The first-order valence-corrected chi connectivity index (χ1v) is 12.0. The molecule has 0 aliphatic carbocycles. The predicted octanol–water partition coefficient (Wildman–Crippen LogP) is 5.90. The first kappa shape index (κ1) is 26.2. The number of halogens is 2. The zero-order chi connectivity index (χ0) is 25.4. The number of hydrogen-bond donors (Lipinski definition) is 2. The molecule has 0 aliphatic heterocycles. The Morgan fingerprint density at radius 2 is 1.77 bits per heavy atom. The third-order valence-corrected chi connectivity index (χ3v) is 5.80. The fourth-order valence-corrected chi connectivity index (χ4v) is 3.75. The lowest BCUT2D eigenvalue weighted by molar-refractivity contribution is -0.118. The lowest BCUT2D eigenvalue weighted by Crippen LogP contribution is -2.20. The van der Waals surface area contributed by atoms with Crippen molar-refractivity contribution in [3.63, 3.8) is 0 Å². The normalized spacial score (nSPS) is 10.8. The number of aryl methyl sites for hydroxylation is 2. The highest BCUT2D eigenvalue weighted by Gasteiger charge is 2.14. The minimum Gasteiger partial charge on any atom is -0.490 e. The number of nitrogens with zero attached hydrogens (tertiary/aromatic N) is 1. The van der Waals surface area contributed by atoms with Gasteiger partial charge in [-0.3, -0.25) is 9.59 Å². The standard InChI is InChI=1S/C26H25BrClN3O4/c1-4-34-23-13-18(14-29-31-26(33)19-6-8-20(28)9-7-19)12-22(27)25(23)35-15-24(32)30-21-10-5-16(2)17(3)11-21/h5-14H,4,15H2,1-3H3,(H,30,32)(H,31,33)/b29-14+. The lowest BCUT2D eigenvalue weighted by atomic mass is 10.1. The topological polar surface area (TPSA) is 89.0 Å². The van der Waals surface area contributed by atoms with E-state index in [1.165, 1.54) is 6.21 Å². The van der Waals surface area contributed by atoms with Gasteiger partial charge in [-0.2, -0.15) is 5.10 Å². The van der Waals surface area contributed by atoms with Gasteiger partial charge in [-0.05, 0) is 102 Å². The Bertz CT molecular complexity index is 1250. The molecule has 2 N–H and O–H groups in total. The maximum absolute atomic E-state index is 12.4. The molecule has 0 atom stereocenters. The molecule has 3 aromatic carbocycles. The van der Waals surface area contributed by atoms with Crippen molar-refractivity contribution >= 4 is 51.2 Å². The van der Waals surface area contributed by atoms with Crippen LogP contribution in [0.25, 0.3) is 0 Å². The molecular formula is C26H25BrClN3O4. The molecule has 0 saturated carbocycles. The summed E-state index contributed by atoms with van der Waals surface area (Å²) in [6.45, 7) is 6.04. The Kier molecular flexibility index (Phi) is 9.28. The van der Waals surface area contributed by atoms with Gasteiger partial charge in [-0.25, -0.2) is 5.43 Å². The second kappa shape index (κ2) is 12.4. The van der Waals surface area contributed by atoms with Crippen LogP contribution in [0.4, 0.5) is 5.69 Å². The predicted molar refractivity (Wildman–Crippen MR) is 142 cm³/mol. The second-order valence-corrected chi connectivity index (χ2v) is 8.90. The van der Waals surface area contributed by atoms with Gasteiger partial charge < -0.3 is 14.8 Å². The summed E-state index contributed by atoms with van der Waals surface area (Å²) in [6, 6.07) is 15.7. The van der Waals surface area contributed by atoms with Crippen molar-refractivity contribution in [2.75, 3.05) is 18.5 Å². The summed E-state index contributed by atoms with van der Waals surface area (Å²) in [5.74, 6) is 0.172. The largest absolute Gasteiger partial charge is 0.490 e. The SMILES string of the molecule is CCOc1cc(/C=N/NC(=O)c2ccc(Cl)cc2)cc(Br)c1OCC(=O)Nc1ccc(C)c(C)c1. The van der Waals surface area contributed by atoms with Crippen LogP contribution in [0.5, 0.6) is 11.5 Å². The van der Waals surface area contributed by atoms with Crippen LogP contribution in [-0.2, 0) is 4.79 Å². The molecule has 0 fully saturated rings. The molecule has 0 aliphatic rings. The van der Waals surface area contributed by atoms with Crippen molar-refractivity contribution in [1.82, 2.24) is 5.43 Å². The van der Waals surface area contributed by atoms with E-state index in [2.05, 4.69) is 31.8 Å². The Labute approximate surface area is 217 Å². The van der Waals surface area contributed by atoms with E-state index in [4.69, 9.17) is 21.1 Å². The van der Waals surface area contributed by atoms with Crippen LogP contribution in [0.2, 0.25) is 5.02 Å². The van der Waals surface area contributed by atoms with E-state index in [1.807, 2.05) is 39.0 Å². The third kappa shape index (κ3) is 7.56. The number of carbonyl (C=O) groups is 2. The molecule has 0 bridgehead atoms. The molecule has 0 radical (unpaired) electrons. The van der Waals surface area contributed by atoms with Crippen molar-refractivity contribution in [3.8, 4) is 11.5 Å².